The zero-order chi connectivity index (χ0) is 19.3. The zero-order valence-corrected chi connectivity index (χ0v) is 16.3. The maximum atomic E-state index is 12.7. The van der Waals surface area contributed by atoms with Gasteiger partial charge in [0.05, 0.1) is 20.3 Å². The van der Waals surface area contributed by atoms with Gasteiger partial charge in [0.1, 0.15) is 11.5 Å². The van der Waals surface area contributed by atoms with E-state index in [2.05, 4.69) is 24.5 Å². The Kier molecular flexibility index (Phi) is 6.89. The number of amides is 2. The fourth-order valence-corrected chi connectivity index (χ4v) is 3.51. The molecular formula is C20H30N2O4. The Morgan fingerprint density at radius 3 is 2.62 bits per heavy atom. The van der Waals surface area contributed by atoms with Crippen LogP contribution < -0.4 is 20.1 Å². The zero-order valence-electron chi connectivity index (χ0n) is 16.3. The van der Waals surface area contributed by atoms with Crippen molar-refractivity contribution in [2.45, 2.75) is 52.1 Å². The minimum atomic E-state index is -0.299. The fraction of sp³-hybridized carbons (Fsp3) is 0.600. The highest BCUT2D eigenvalue weighted by Crippen LogP contribution is 2.30. The highest BCUT2D eigenvalue weighted by Gasteiger charge is 2.32. The molecule has 26 heavy (non-hydrogen) atoms. The van der Waals surface area contributed by atoms with Gasteiger partial charge in [-0.05, 0) is 43.9 Å². The van der Waals surface area contributed by atoms with Crippen LogP contribution in [-0.4, -0.2) is 32.1 Å². The molecule has 6 heteroatoms. The van der Waals surface area contributed by atoms with Gasteiger partial charge in [-0.15, -0.1) is 0 Å². The van der Waals surface area contributed by atoms with Gasteiger partial charge in [-0.1, -0.05) is 13.8 Å². The molecule has 1 aromatic carbocycles. The molecule has 3 atom stereocenters. The normalized spacial score (nSPS) is 21.1. The van der Waals surface area contributed by atoms with Crippen molar-refractivity contribution in [2.24, 2.45) is 11.8 Å². The largest absolute Gasteiger partial charge is 0.497 e. The van der Waals surface area contributed by atoms with E-state index < -0.39 is 0 Å². The maximum Gasteiger partial charge on any atom is 0.224 e. The smallest absolute Gasteiger partial charge is 0.224 e. The van der Waals surface area contributed by atoms with Crippen molar-refractivity contribution in [2.75, 3.05) is 14.2 Å². The molecule has 0 saturated carbocycles. The minimum absolute atomic E-state index is 0.0475. The van der Waals surface area contributed by atoms with Crippen molar-refractivity contribution in [1.29, 1.82) is 0 Å². The molecule has 0 radical (unpaired) electrons. The van der Waals surface area contributed by atoms with Crippen LogP contribution in [0.5, 0.6) is 11.5 Å². The number of nitrogens with one attached hydrogen (secondary N) is 2. The van der Waals surface area contributed by atoms with Gasteiger partial charge in [0.2, 0.25) is 11.8 Å². The molecule has 1 fully saturated rings. The number of ether oxygens (including phenoxy) is 2. The Labute approximate surface area is 155 Å². The monoisotopic (exact) mass is 362 g/mol. The topological polar surface area (TPSA) is 76.7 Å². The van der Waals surface area contributed by atoms with E-state index in [1.165, 1.54) is 0 Å². The molecule has 0 aromatic heterocycles. The second-order valence-electron chi connectivity index (χ2n) is 7.37. The van der Waals surface area contributed by atoms with Crippen molar-refractivity contribution in [1.82, 2.24) is 10.6 Å². The van der Waals surface area contributed by atoms with Gasteiger partial charge >= 0.3 is 0 Å². The van der Waals surface area contributed by atoms with Gasteiger partial charge in [0.25, 0.3) is 0 Å². The Balaban J connectivity index is 2.07. The summed E-state index contributed by atoms with van der Waals surface area (Å²) in [4.78, 5) is 24.7. The van der Waals surface area contributed by atoms with Gasteiger partial charge in [0, 0.05) is 23.9 Å². The molecule has 144 valence electrons. The van der Waals surface area contributed by atoms with Crippen LogP contribution in [0.3, 0.4) is 0 Å². The number of hydrogen-bond acceptors (Lipinski definition) is 4. The summed E-state index contributed by atoms with van der Waals surface area (Å²) in [5.74, 6) is 1.43. The van der Waals surface area contributed by atoms with Crippen molar-refractivity contribution in [3.63, 3.8) is 0 Å². The maximum absolute atomic E-state index is 12.7. The number of benzene rings is 1. The summed E-state index contributed by atoms with van der Waals surface area (Å²) in [6.07, 6.45) is 1.80. The molecule has 1 heterocycles. The lowest BCUT2D eigenvalue weighted by atomic mass is 9.87. The Morgan fingerprint density at radius 1 is 1.27 bits per heavy atom. The average Bonchev–Trinajstić information content (AvgIpc) is 2.59. The molecule has 1 aromatic rings. The Bertz CT molecular complexity index is 645. The summed E-state index contributed by atoms with van der Waals surface area (Å²) in [5, 5.41) is 6.03. The number of methoxy groups -OCH3 is 2. The first-order valence-electron chi connectivity index (χ1n) is 9.15. The lowest BCUT2D eigenvalue weighted by Crippen LogP contribution is -2.47. The van der Waals surface area contributed by atoms with Crippen LogP contribution in [0.15, 0.2) is 18.2 Å². The minimum Gasteiger partial charge on any atom is -0.497 e. The third-order valence-corrected chi connectivity index (χ3v) is 4.75. The lowest BCUT2D eigenvalue weighted by Gasteiger charge is -2.31. The highest BCUT2D eigenvalue weighted by atomic mass is 16.5. The van der Waals surface area contributed by atoms with E-state index in [9.17, 15) is 9.59 Å². The molecule has 0 aliphatic carbocycles. The number of piperidine rings is 1. The molecule has 0 spiro atoms. The predicted octanol–water partition coefficient (Wildman–Crippen LogP) is 2.82. The third kappa shape index (κ3) is 5.13. The van der Waals surface area contributed by atoms with Gasteiger partial charge in [-0.2, -0.15) is 0 Å². The third-order valence-electron chi connectivity index (χ3n) is 4.75. The van der Waals surface area contributed by atoms with Crippen LogP contribution in [0.2, 0.25) is 0 Å². The van der Waals surface area contributed by atoms with Crippen LogP contribution in [0.25, 0.3) is 0 Å². The summed E-state index contributed by atoms with van der Waals surface area (Å²) >= 11 is 0. The lowest BCUT2D eigenvalue weighted by molar-refractivity contribution is -0.134. The van der Waals surface area contributed by atoms with Crippen LogP contribution in [0.1, 0.15) is 51.6 Å². The van der Waals surface area contributed by atoms with Gasteiger partial charge in [0.15, 0.2) is 0 Å². The predicted molar refractivity (Wildman–Crippen MR) is 100 cm³/mol. The van der Waals surface area contributed by atoms with Gasteiger partial charge < -0.3 is 20.1 Å². The first kappa shape index (κ1) is 20.1. The number of carbonyl (C=O) groups is 2. The van der Waals surface area contributed by atoms with E-state index in [1.54, 1.807) is 14.2 Å². The standard InChI is InChI=1S/C20H30N2O4/c1-12(2)8-15-9-14(10-19(23)22-15)20(24)21-13(3)17-11-16(25-4)6-7-18(17)26-5/h6-7,11-15H,8-10H2,1-5H3,(H,21,24)(H,22,23)/t13-,14+,15-/m0/s1. The first-order valence-corrected chi connectivity index (χ1v) is 9.15. The number of hydrogen-bond donors (Lipinski definition) is 2. The molecule has 2 N–H and O–H groups in total. The van der Waals surface area contributed by atoms with Gasteiger partial charge in [-0.25, -0.2) is 0 Å². The van der Waals surface area contributed by atoms with E-state index >= 15 is 0 Å². The van der Waals surface area contributed by atoms with Crippen LogP contribution >= 0.6 is 0 Å². The van der Waals surface area contributed by atoms with Crippen molar-refractivity contribution in [3.8, 4) is 11.5 Å². The van der Waals surface area contributed by atoms with Crippen molar-refractivity contribution in [3.05, 3.63) is 23.8 Å². The van der Waals surface area contributed by atoms with Crippen molar-refractivity contribution < 1.29 is 19.1 Å². The highest BCUT2D eigenvalue weighted by molar-refractivity contribution is 5.87. The molecule has 2 amide bonds. The van der Waals surface area contributed by atoms with E-state index in [-0.39, 0.29) is 36.2 Å². The van der Waals surface area contributed by atoms with Crippen molar-refractivity contribution >= 4 is 11.8 Å². The molecular weight excluding hydrogens is 332 g/mol. The van der Waals surface area contributed by atoms with Crippen LogP contribution in [0.4, 0.5) is 0 Å². The van der Waals surface area contributed by atoms with E-state index in [0.29, 0.717) is 23.8 Å². The molecule has 1 saturated heterocycles. The molecule has 1 aliphatic rings. The summed E-state index contributed by atoms with van der Waals surface area (Å²) in [7, 11) is 3.20. The van der Waals surface area contributed by atoms with Gasteiger partial charge in [-0.3, -0.25) is 9.59 Å². The Hall–Kier alpha value is -2.24. The SMILES string of the molecule is COc1ccc(OC)c([C@H](C)NC(=O)[C@H]2CC(=O)N[C@@H](CC(C)C)C2)c1. The average molecular weight is 362 g/mol. The quantitative estimate of drug-likeness (QED) is 0.782. The summed E-state index contributed by atoms with van der Waals surface area (Å²) in [6, 6.07) is 5.32. The number of carbonyl (C=O) groups excluding carboxylic acids is 2. The number of rotatable bonds is 7. The van der Waals surface area contributed by atoms with Crippen LogP contribution in [-0.2, 0) is 9.59 Å². The summed E-state index contributed by atoms with van der Waals surface area (Å²) < 4.78 is 10.7. The molecule has 2 rings (SSSR count). The summed E-state index contributed by atoms with van der Waals surface area (Å²) in [5.41, 5.74) is 0.846. The second kappa shape index (κ2) is 8.92. The van der Waals surface area contributed by atoms with E-state index in [0.717, 1.165) is 12.0 Å². The molecule has 1 aliphatic heterocycles. The second-order valence-corrected chi connectivity index (χ2v) is 7.37. The molecule has 0 unspecified atom stereocenters. The molecule has 0 bridgehead atoms. The summed E-state index contributed by atoms with van der Waals surface area (Å²) in [6.45, 7) is 6.14. The van der Waals surface area contributed by atoms with Crippen LogP contribution in [0, 0.1) is 11.8 Å². The van der Waals surface area contributed by atoms with E-state index in [1.807, 2.05) is 25.1 Å². The van der Waals surface area contributed by atoms with E-state index in [4.69, 9.17) is 9.47 Å². The fourth-order valence-electron chi connectivity index (χ4n) is 3.51. The first-order chi connectivity index (χ1) is 12.3. The molecule has 6 nitrogen and oxygen atoms in total. The Morgan fingerprint density at radius 2 is 2.00 bits per heavy atom.